The van der Waals surface area contributed by atoms with Crippen molar-refractivity contribution in [2.75, 3.05) is 19.0 Å². The molecular weight excluding hydrogens is 399 g/mol. The maximum atomic E-state index is 13.2. The van der Waals surface area contributed by atoms with Crippen LogP contribution in [0.4, 0.5) is 36.4 Å². The molecule has 0 heterocycles. The Morgan fingerprint density at radius 3 is 1.86 bits per heavy atom. The summed E-state index contributed by atoms with van der Waals surface area (Å²) in [6.07, 6.45) is -6.77. The van der Waals surface area contributed by atoms with Crippen LogP contribution in [0.2, 0.25) is 0 Å². The smallest absolute Gasteiger partial charge is 0.378 e. The number of hydrazine groups is 1. The Bertz CT molecular complexity index is 756. The highest BCUT2D eigenvalue weighted by atomic mass is 19.4. The molecule has 1 aromatic carbocycles. The first kappa shape index (κ1) is 23.2. The van der Waals surface area contributed by atoms with Crippen molar-refractivity contribution in [2.24, 2.45) is 0 Å². The summed E-state index contributed by atoms with van der Waals surface area (Å²) < 4.78 is 88.3. The molecule has 0 saturated heterocycles. The standard InChI is InChI=1S/C16H16F7N3O2/c1-9(8-12(27)14(17,18)15(19,20)16(21,22)23)24-25-13(28)10-4-6-11(7-5-10)26(2)3/h4-8,24H,1-3H3,(H,25,28)/b9-8-. The second-order valence-electron chi connectivity index (χ2n) is 5.86. The van der Waals surface area contributed by atoms with Gasteiger partial charge in [-0.1, -0.05) is 0 Å². The second-order valence-corrected chi connectivity index (χ2v) is 5.86. The zero-order valence-electron chi connectivity index (χ0n) is 14.8. The molecule has 0 aliphatic carbocycles. The predicted octanol–water partition coefficient (Wildman–Crippen LogP) is 3.29. The summed E-state index contributed by atoms with van der Waals surface area (Å²) in [5, 5.41) is 0. The maximum Gasteiger partial charge on any atom is 0.460 e. The van der Waals surface area contributed by atoms with Gasteiger partial charge in [0.05, 0.1) is 0 Å². The average molecular weight is 415 g/mol. The number of halogens is 7. The van der Waals surface area contributed by atoms with Gasteiger partial charge in [0.15, 0.2) is 0 Å². The van der Waals surface area contributed by atoms with E-state index in [4.69, 9.17) is 0 Å². The first-order chi connectivity index (χ1) is 12.6. The lowest BCUT2D eigenvalue weighted by atomic mass is 10.1. The molecule has 0 bridgehead atoms. The Kier molecular flexibility index (Phi) is 6.70. The van der Waals surface area contributed by atoms with E-state index < -0.39 is 35.4 Å². The lowest BCUT2D eigenvalue weighted by Crippen LogP contribution is -2.55. The molecule has 0 atom stereocenters. The van der Waals surface area contributed by atoms with Crippen LogP contribution in [0.5, 0.6) is 0 Å². The van der Waals surface area contributed by atoms with Crippen LogP contribution >= 0.6 is 0 Å². The number of amides is 1. The van der Waals surface area contributed by atoms with Crippen LogP contribution in [0, 0.1) is 0 Å². The van der Waals surface area contributed by atoms with Gasteiger partial charge in [-0.05, 0) is 31.2 Å². The Hall–Kier alpha value is -2.79. The number of rotatable bonds is 7. The molecule has 0 fully saturated rings. The SMILES string of the molecule is C/C(=C/C(=O)C(F)(F)C(F)(F)C(F)(F)F)NNC(=O)c1ccc(N(C)C)cc1. The summed E-state index contributed by atoms with van der Waals surface area (Å²) in [7, 11) is 3.53. The van der Waals surface area contributed by atoms with E-state index in [1.807, 2.05) is 10.9 Å². The summed E-state index contributed by atoms with van der Waals surface area (Å²) in [6.45, 7) is 0.912. The summed E-state index contributed by atoms with van der Waals surface area (Å²) in [6, 6.07) is 6.05. The molecule has 5 nitrogen and oxygen atoms in total. The largest absolute Gasteiger partial charge is 0.460 e. The van der Waals surface area contributed by atoms with Crippen molar-refractivity contribution in [1.82, 2.24) is 10.9 Å². The van der Waals surface area contributed by atoms with Crippen LogP contribution in [0.1, 0.15) is 17.3 Å². The van der Waals surface area contributed by atoms with E-state index in [0.29, 0.717) is 0 Å². The van der Waals surface area contributed by atoms with Crippen LogP contribution in [-0.4, -0.2) is 43.8 Å². The highest BCUT2D eigenvalue weighted by Gasteiger charge is 2.75. The molecule has 0 aliphatic rings. The lowest BCUT2D eigenvalue weighted by molar-refractivity contribution is -0.342. The summed E-state index contributed by atoms with van der Waals surface area (Å²) >= 11 is 0. The summed E-state index contributed by atoms with van der Waals surface area (Å²) in [5.41, 5.74) is 4.30. The van der Waals surface area contributed by atoms with Gasteiger partial charge in [-0.2, -0.15) is 30.7 Å². The third-order valence-corrected chi connectivity index (χ3v) is 3.43. The van der Waals surface area contributed by atoms with E-state index >= 15 is 0 Å². The Morgan fingerprint density at radius 1 is 0.929 bits per heavy atom. The number of ketones is 1. The van der Waals surface area contributed by atoms with E-state index in [1.165, 1.54) is 12.1 Å². The Morgan fingerprint density at radius 2 is 1.43 bits per heavy atom. The zero-order chi connectivity index (χ0) is 21.9. The molecule has 0 radical (unpaired) electrons. The first-order valence-corrected chi connectivity index (χ1v) is 7.50. The number of allylic oxidation sites excluding steroid dienone is 2. The van der Waals surface area contributed by atoms with Crippen LogP contribution in [0.25, 0.3) is 0 Å². The first-order valence-electron chi connectivity index (χ1n) is 7.50. The number of carbonyl (C=O) groups is 2. The average Bonchev–Trinajstić information content (AvgIpc) is 2.58. The highest BCUT2D eigenvalue weighted by molar-refractivity contribution is 5.97. The fourth-order valence-corrected chi connectivity index (χ4v) is 1.79. The normalized spacial score (nSPS) is 13.1. The van der Waals surface area contributed by atoms with Gasteiger partial charge in [0.2, 0.25) is 5.78 Å². The quantitative estimate of drug-likeness (QED) is 0.408. The van der Waals surface area contributed by atoms with Gasteiger partial charge in [-0.3, -0.25) is 15.0 Å². The number of alkyl halides is 7. The zero-order valence-corrected chi connectivity index (χ0v) is 14.8. The fraction of sp³-hybridized carbons (Fsp3) is 0.375. The van der Waals surface area contributed by atoms with E-state index in [-0.39, 0.29) is 11.6 Å². The van der Waals surface area contributed by atoms with Crippen LogP contribution in [0.15, 0.2) is 36.0 Å². The van der Waals surface area contributed by atoms with Gasteiger partial charge >= 0.3 is 18.0 Å². The van der Waals surface area contributed by atoms with Crippen molar-refractivity contribution in [2.45, 2.75) is 24.9 Å². The number of nitrogens with zero attached hydrogens (tertiary/aromatic N) is 1. The second kappa shape index (κ2) is 8.07. The Labute approximate surface area is 155 Å². The number of hydrogen-bond donors (Lipinski definition) is 2. The molecule has 0 aromatic heterocycles. The highest BCUT2D eigenvalue weighted by Crippen LogP contribution is 2.47. The number of anilines is 1. The Balaban J connectivity index is 2.81. The van der Waals surface area contributed by atoms with E-state index in [1.54, 1.807) is 31.1 Å². The van der Waals surface area contributed by atoms with Crippen molar-refractivity contribution in [3.8, 4) is 0 Å². The van der Waals surface area contributed by atoms with E-state index in [2.05, 4.69) is 0 Å². The van der Waals surface area contributed by atoms with E-state index in [0.717, 1.165) is 12.6 Å². The van der Waals surface area contributed by atoms with Crippen LogP contribution in [-0.2, 0) is 4.79 Å². The molecule has 1 amide bonds. The molecule has 0 spiro atoms. The molecule has 12 heteroatoms. The fourth-order valence-electron chi connectivity index (χ4n) is 1.79. The molecular formula is C16H16F7N3O2. The number of carbonyl (C=O) groups excluding carboxylic acids is 2. The molecule has 0 aliphatic heterocycles. The van der Waals surface area contributed by atoms with Crippen molar-refractivity contribution < 1.29 is 40.3 Å². The topological polar surface area (TPSA) is 61.4 Å². The summed E-state index contributed by atoms with van der Waals surface area (Å²) in [5.74, 6) is -16.1. The van der Waals surface area contributed by atoms with Crippen molar-refractivity contribution in [1.29, 1.82) is 0 Å². The van der Waals surface area contributed by atoms with Gasteiger partial charge in [0.25, 0.3) is 5.91 Å². The lowest BCUT2D eigenvalue weighted by Gasteiger charge is -2.26. The van der Waals surface area contributed by atoms with Crippen molar-refractivity contribution >= 4 is 17.4 Å². The number of hydrogen-bond acceptors (Lipinski definition) is 4. The van der Waals surface area contributed by atoms with Gasteiger partial charge in [0.1, 0.15) is 0 Å². The molecule has 1 rings (SSSR count). The molecule has 28 heavy (non-hydrogen) atoms. The molecule has 2 N–H and O–H groups in total. The third kappa shape index (κ3) is 4.93. The van der Waals surface area contributed by atoms with Crippen LogP contribution < -0.4 is 15.8 Å². The maximum absolute atomic E-state index is 13.2. The van der Waals surface area contributed by atoms with Crippen molar-refractivity contribution in [3.63, 3.8) is 0 Å². The predicted molar refractivity (Wildman–Crippen MR) is 86.1 cm³/mol. The van der Waals surface area contributed by atoms with Crippen molar-refractivity contribution in [3.05, 3.63) is 41.6 Å². The summed E-state index contributed by atoms with van der Waals surface area (Å²) in [4.78, 5) is 24.9. The third-order valence-electron chi connectivity index (χ3n) is 3.43. The minimum atomic E-state index is -6.62. The minimum Gasteiger partial charge on any atom is -0.378 e. The number of nitrogens with one attached hydrogen (secondary N) is 2. The van der Waals surface area contributed by atoms with Crippen LogP contribution in [0.3, 0.4) is 0 Å². The van der Waals surface area contributed by atoms with Gasteiger partial charge in [-0.25, -0.2) is 0 Å². The molecule has 1 aromatic rings. The van der Waals surface area contributed by atoms with Gasteiger partial charge < -0.3 is 10.3 Å². The molecule has 156 valence electrons. The monoisotopic (exact) mass is 415 g/mol. The van der Waals surface area contributed by atoms with Gasteiger partial charge in [0, 0.05) is 37.1 Å². The van der Waals surface area contributed by atoms with E-state index in [9.17, 15) is 40.3 Å². The van der Waals surface area contributed by atoms with Gasteiger partial charge in [-0.15, -0.1) is 0 Å². The number of benzene rings is 1. The minimum absolute atomic E-state index is 0.131. The molecule has 0 unspecified atom stereocenters. The molecule has 0 saturated carbocycles.